The van der Waals surface area contributed by atoms with Crippen molar-refractivity contribution < 1.29 is 23.9 Å². The maximum atomic E-state index is 12.7. The molecule has 0 spiro atoms. The van der Waals surface area contributed by atoms with Crippen LogP contribution < -0.4 is 20.3 Å². The van der Waals surface area contributed by atoms with Gasteiger partial charge >= 0.3 is 6.09 Å². The number of para-hydroxylation sites is 1. The fraction of sp³-hybridized carbons (Fsp3) is 0.192. The van der Waals surface area contributed by atoms with Crippen molar-refractivity contribution in [3.05, 3.63) is 83.9 Å². The number of ether oxygens (including phenoxy) is 2. The molecule has 1 atom stereocenters. The number of rotatable bonds is 6. The predicted octanol–water partition coefficient (Wildman–Crippen LogP) is 4.47. The van der Waals surface area contributed by atoms with Crippen LogP contribution in [0.2, 0.25) is 0 Å². The van der Waals surface area contributed by atoms with Gasteiger partial charge in [0.2, 0.25) is 0 Å². The Morgan fingerprint density at radius 1 is 0.971 bits per heavy atom. The van der Waals surface area contributed by atoms with Crippen molar-refractivity contribution in [3.8, 4) is 5.75 Å². The highest BCUT2D eigenvalue weighted by Crippen LogP contribution is 2.28. The van der Waals surface area contributed by atoms with Gasteiger partial charge in [-0.15, -0.1) is 0 Å². The average Bonchev–Trinajstić information content (AvgIpc) is 3.29. The third-order valence-electron chi connectivity index (χ3n) is 5.39. The molecule has 0 saturated carbocycles. The number of nitrogens with one attached hydrogen (secondary N) is 2. The van der Waals surface area contributed by atoms with Gasteiger partial charge < -0.3 is 20.1 Å². The molecular formula is C26H25N3O5. The molecule has 1 aliphatic rings. The number of nitrogens with zero attached hydrogens (tertiary/aromatic N) is 1. The zero-order valence-corrected chi connectivity index (χ0v) is 18.9. The second-order valence-electron chi connectivity index (χ2n) is 7.75. The summed E-state index contributed by atoms with van der Waals surface area (Å²) in [6, 6.07) is 21.1. The highest BCUT2D eigenvalue weighted by atomic mass is 16.6. The van der Waals surface area contributed by atoms with Crippen molar-refractivity contribution in [1.82, 2.24) is 0 Å². The summed E-state index contributed by atoms with van der Waals surface area (Å²) in [5.74, 6) is 0.123. The van der Waals surface area contributed by atoms with Gasteiger partial charge in [0.15, 0.2) is 6.10 Å². The lowest BCUT2D eigenvalue weighted by Crippen LogP contribution is -2.31. The largest absolute Gasteiger partial charge is 0.480 e. The third kappa shape index (κ3) is 5.17. The van der Waals surface area contributed by atoms with E-state index in [0.717, 1.165) is 11.3 Å². The van der Waals surface area contributed by atoms with Crippen LogP contribution in [0.5, 0.6) is 5.75 Å². The van der Waals surface area contributed by atoms with Gasteiger partial charge in [-0.2, -0.15) is 0 Å². The fourth-order valence-electron chi connectivity index (χ4n) is 3.59. The molecule has 1 unspecified atom stereocenters. The first kappa shape index (κ1) is 22.8. The molecule has 0 radical (unpaired) electrons. The van der Waals surface area contributed by atoms with Crippen molar-refractivity contribution in [2.75, 3.05) is 29.2 Å². The molecule has 3 amide bonds. The molecule has 0 aromatic heterocycles. The Morgan fingerprint density at radius 2 is 1.74 bits per heavy atom. The number of carbonyl (C=O) groups is 3. The average molecular weight is 460 g/mol. The van der Waals surface area contributed by atoms with Crippen molar-refractivity contribution in [3.63, 3.8) is 0 Å². The summed E-state index contributed by atoms with van der Waals surface area (Å²) in [5.41, 5.74) is 3.09. The Kier molecular flexibility index (Phi) is 6.77. The van der Waals surface area contributed by atoms with E-state index in [1.165, 1.54) is 4.90 Å². The minimum absolute atomic E-state index is 0.268. The molecule has 0 saturated heterocycles. The van der Waals surface area contributed by atoms with Gasteiger partial charge in [-0.3, -0.25) is 14.5 Å². The normalized spacial score (nSPS) is 13.9. The van der Waals surface area contributed by atoms with Crippen molar-refractivity contribution in [2.45, 2.75) is 19.4 Å². The Balaban J connectivity index is 1.36. The summed E-state index contributed by atoms with van der Waals surface area (Å²) in [7, 11) is 1.61. The molecule has 4 rings (SSSR count). The van der Waals surface area contributed by atoms with Gasteiger partial charge in [0.25, 0.3) is 11.8 Å². The number of carbonyl (C=O) groups excluding carboxylic acids is 3. The minimum Gasteiger partial charge on any atom is -0.480 e. The fourth-order valence-corrected chi connectivity index (χ4v) is 3.59. The quantitative estimate of drug-likeness (QED) is 0.567. The monoisotopic (exact) mass is 459 g/mol. The van der Waals surface area contributed by atoms with E-state index in [1.807, 2.05) is 24.3 Å². The van der Waals surface area contributed by atoms with Gasteiger partial charge in [-0.1, -0.05) is 24.3 Å². The summed E-state index contributed by atoms with van der Waals surface area (Å²) in [6.07, 6.45) is -0.560. The SMILES string of the molecule is CCOC(=O)N(C)c1ccc(NC(=O)c2cccc(NC(=O)C3Cc4ccccc4O3)c2)cc1. The van der Waals surface area contributed by atoms with E-state index in [0.29, 0.717) is 29.0 Å². The van der Waals surface area contributed by atoms with Crippen molar-refractivity contribution >= 4 is 35.0 Å². The van der Waals surface area contributed by atoms with Gasteiger partial charge in [-0.25, -0.2) is 4.79 Å². The van der Waals surface area contributed by atoms with Crippen molar-refractivity contribution in [1.29, 1.82) is 0 Å². The Morgan fingerprint density at radius 3 is 2.47 bits per heavy atom. The van der Waals surface area contributed by atoms with E-state index in [9.17, 15) is 14.4 Å². The first-order chi connectivity index (χ1) is 16.4. The van der Waals surface area contributed by atoms with Crippen LogP contribution in [0.1, 0.15) is 22.8 Å². The van der Waals surface area contributed by atoms with Gasteiger partial charge in [0.05, 0.1) is 6.61 Å². The number of hydrogen-bond acceptors (Lipinski definition) is 5. The molecule has 34 heavy (non-hydrogen) atoms. The molecule has 0 aliphatic carbocycles. The lowest BCUT2D eigenvalue weighted by atomic mass is 10.1. The number of fused-ring (bicyclic) bond motifs is 1. The summed E-state index contributed by atoms with van der Waals surface area (Å²) >= 11 is 0. The molecule has 1 heterocycles. The van der Waals surface area contributed by atoms with Gasteiger partial charge in [-0.05, 0) is 61.0 Å². The van der Waals surface area contributed by atoms with Gasteiger partial charge in [0.1, 0.15) is 5.75 Å². The van der Waals surface area contributed by atoms with E-state index in [1.54, 1.807) is 62.5 Å². The van der Waals surface area contributed by atoms with Crippen LogP contribution >= 0.6 is 0 Å². The highest BCUT2D eigenvalue weighted by molar-refractivity contribution is 6.05. The van der Waals surface area contributed by atoms with E-state index in [4.69, 9.17) is 9.47 Å². The molecule has 3 aromatic carbocycles. The zero-order chi connectivity index (χ0) is 24.1. The number of amides is 3. The summed E-state index contributed by atoms with van der Waals surface area (Å²) in [4.78, 5) is 38.6. The number of anilines is 3. The van der Waals surface area contributed by atoms with Crippen LogP contribution in [0, 0.1) is 0 Å². The van der Waals surface area contributed by atoms with E-state index < -0.39 is 12.2 Å². The maximum Gasteiger partial charge on any atom is 0.413 e. The van der Waals surface area contributed by atoms with Crippen molar-refractivity contribution in [2.24, 2.45) is 0 Å². The van der Waals surface area contributed by atoms with E-state index in [-0.39, 0.29) is 18.4 Å². The second-order valence-corrected chi connectivity index (χ2v) is 7.75. The van der Waals surface area contributed by atoms with Crippen LogP contribution in [-0.4, -0.2) is 37.7 Å². The summed E-state index contributed by atoms with van der Waals surface area (Å²) in [6.45, 7) is 2.03. The summed E-state index contributed by atoms with van der Waals surface area (Å²) in [5, 5.41) is 5.64. The first-order valence-electron chi connectivity index (χ1n) is 10.9. The van der Waals surface area contributed by atoms with E-state index >= 15 is 0 Å². The lowest BCUT2D eigenvalue weighted by molar-refractivity contribution is -0.122. The first-order valence-corrected chi connectivity index (χ1v) is 10.9. The third-order valence-corrected chi connectivity index (χ3v) is 5.39. The maximum absolute atomic E-state index is 12.7. The summed E-state index contributed by atoms with van der Waals surface area (Å²) < 4.78 is 10.7. The molecule has 8 nitrogen and oxygen atoms in total. The van der Waals surface area contributed by atoms with Gasteiger partial charge in [0, 0.05) is 36.1 Å². The van der Waals surface area contributed by atoms with Crippen LogP contribution in [0.3, 0.4) is 0 Å². The molecule has 1 aliphatic heterocycles. The van der Waals surface area contributed by atoms with Crippen LogP contribution in [0.15, 0.2) is 72.8 Å². The molecule has 0 fully saturated rings. The minimum atomic E-state index is -0.610. The molecule has 0 bridgehead atoms. The topological polar surface area (TPSA) is 97.0 Å². The standard InChI is InChI=1S/C26H25N3O5/c1-3-33-26(32)29(2)21-13-11-19(12-14-21)27-24(30)18-8-6-9-20(15-18)28-25(31)23-16-17-7-4-5-10-22(17)34-23/h4-15,23H,3,16H2,1-2H3,(H,27,30)(H,28,31). The Labute approximate surface area is 197 Å². The van der Waals surface area contributed by atoms with Crippen LogP contribution in [0.4, 0.5) is 21.9 Å². The smallest absolute Gasteiger partial charge is 0.413 e. The second kappa shape index (κ2) is 10.1. The molecule has 8 heteroatoms. The van der Waals surface area contributed by atoms with Crippen LogP contribution in [-0.2, 0) is 16.0 Å². The Hall–Kier alpha value is -4.33. The molecule has 2 N–H and O–H groups in total. The van der Waals surface area contributed by atoms with Crippen LogP contribution in [0.25, 0.3) is 0 Å². The predicted molar refractivity (Wildman–Crippen MR) is 129 cm³/mol. The lowest BCUT2D eigenvalue weighted by Gasteiger charge is -2.17. The Bertz CT molecular complexity index is 1180. The molecule has 174 valence electrons. The highest BCUT2D eigenvalue weighted by Gasteiger charge is 2.28. The zero-order valence-electron chi connectivity index (χ0n) is 18.9. The molecular weight excluding hydrogens is 434 g/mol. The van der Waals surface area contributed by atoms with E-state index in [2.05, 4.69) is 10.6 Å². The number of benzene rings is 3. The molecule has 3 aromatic rings. The number of hydrogen-bond donors (Lipinski definition) is 2.